The van der Waals surface area contributed by atoms with Crippen molar-refractivity contribution in [3.05, 3.63) is 23.8 Å². The highest BCUT2D eigenvalue weighted by Gasteiger charge is 2.21. The van der Waals surface area contributed by atoms with Gasteiger partial charge in [-0.2, -0.15) is 0 Å². The number of amides is 1. The first kappa shape index (κ1) is 17.6. The Kier molecular flexibility index (Phi) is 6.28. The molecule has 2 rings (SSSR count). The number of carbonyl (C=O) groups is 1. The number of nitrogens with zero attached hydrogens (tertiary/aromatic N) is 2. The van der Waals surface area contributed by atoms with Crippen LogP contribution in [0.25, 0.3) is 0 Å². The van der Waals surface area contributed by atoms with Crippen LogP contribution in [0.5, 0.6) is 11.5 Å². The Morgan fingerprint density at radius 2 is 1.96 bits per heavy atom. The molecule has 0 aromatic heterocycles. The zero-order valence-corrected chi connectivity index (χ0v) is 14.7. The maximum absolute atomic E-state index is 12.4. The van der Waals surface area contributed by atoms with Gasteiger partial charge in [-0.1, -0.05) is 13.0 Å². The lowest BCUT2D eigenvalue weighted by atomic mass is 9.99. The highest BCUT2D eigenvalue weighted by atomic mass is 16.5. The fourth-order valence-electron chi connectivity index (χ4n) is 2.92. The molecule has 1 aliphatic rings. The van der Waals surface area contributed by atoms with Gasteiger partial charge in [0.1, 0.15) is 11.5 Å². The van der Waals surface area contributed by atoms with Crippen LogP contribution in [0.15, 0.2) is 18.2 Å². The summed E-state index contributed by atoms with van der Waals surface area (Å²) in [5.41, 5.74) is 1.05. The molecule has 128 valence electrons. The zero-order chi connectivity index (χ0) is 16.8. The number of likely N-dealkylation sites (N-methyl/N-ethyl adjacent to an activating group) is 1. The SMILES string of the molecule is COc1ccc(CN(C)CC(=O)N2CCC(C)CC2)c(OC)c1. The summed E-state index contributed by atoms with van der Waals surface area (Å²) in [5.74, 6) is 2.51. The molecule has 0 bridgehead atoms. The van der Waals surface area contributed by atoms with Gasteiger partial charge in [-0.25, -0.2) is 0 Å². The van der Waals surface area contributed by atoms with E-state index in [1.807, 2.05) is 35.0 Å². The van der Waals surface area contributed by atoms with E-state index in [1.54, 1.807) is 14.2 Å². The Balaban J connectivity index is 1.91. The Morgan fingerprint density at radius 3 is 2.57 bits per heavy atom. The molecule has 0 radical (unpaired) electrons. The van der Waals surface area contributed by atoms with Gasteiger partial charge in [-0.3, -0.25) is 9.69 Å². The van der Waals surface area contributed by atoms with Crippen LogP contribution in [-0.2, 0) is 11.3 Å². The molecule has 1 fully saturated rings. The van der Waals surface area contributed by atoms with Crippen molar-refractivity contribution in [3.8, 4) is 11.5 Å². The monoisotopic (exact) mass is 320 g/mol. The molecule has 5 heteroatoms. The number of hydrogen-bond acceptors (Lipinski definition) is 4. The van der Waals surface area contributed by atoms with E-state index in [9.17, 15) is 4.79 Å². The first-order valence-corrected chi connectivity index (χ1v) is 8.20. The van der Waals surface area contributed by atoms with Crippen LogP contribution in [0.3, 0.4) is 0 Å². The number of methoxy groups -OCH3 is 2. The molecule has 0 saturated carbocycles. The first-order chi connectivity index (χ1) is 11.0. The Bertz CT molecular complexity index is 525. The summed E-state index contributed by atoms with van der Waals surface area (Å²) in [4.78, 5) is 16.4. The molecule has 1 saturated heterocycles. The Labute approximate surface area is 139 Å². The van der Waals surface area contributed by atoms with Gasteiger partial charge in [-0.15, -0.1) is 0 Å². The molecule has 1 aromatic carbocycles. The largest absolute Gasteiger partial charge is 0.497 e. The molecule has 0 atom stereocenters. The van der Waals surface area contributed by atoms with Crippen molar-refractivity contribution < 1.29 is 14.3 Å². The van der Waals surface area contributed by atoms with E-state index in [2.05, 4.69) is 6.92 Å². The minimum atomic E-state index is 0.215. The molecule has 0 aliphatic carbocycles. The highest BCUT2D eigenvalue weighted by Crippen LogP contribution is 2.25. The summed E-state index contributed by atoms with van der Waals surface area (Å²) in [5, 5.41) is 0. The van der Waals surface area contributed by atoms with E-state index in [-0.39, 0.29) is 5.91 Å². The smallest absolute Gasteiger partial charge is 0.236 e. The molecule has 23 heavy (non-hydrogen) atoms. The number of carbonyl (C=O) groups excluding carboxylic acids is 1. The van der Waals surface area contributed by atoms with E-state index in [0.29, 0.717) is 13.1 Å². The Morgan fingerprint density at radius 1 is 1.26 bits per heavy atom. The van der Waals surface area contributed by atoms with Crippen LogP contribution < -0.4 is 9.47 Å². The fourth-order valence-corrected chi connectivity index (χ4v) is 2.92. The van der Waals surface area contributed by atoms with Gasteiger partial charge in [0.05, 0.1) is 20.8 Å². The first-order valence-electron chi connectivity index (χ1n) is 8.20. The molecule has 1 amide bonds. The topological polar surface area (TPSA) is 42.0 Å². The maximum Gasteiger partial charge on any atom is 0.236 e. The average molecular weight is 320 g/mol. The summed E-state index contributed by atoms with van der Waals surface area (Å²) in [6.45, 7) is 5.13. The van der Waals surface area contributed by atoms with Crippen molar-refractivity contribution >= 4 is 5.91 Å². The quantitative estimate of drug-likeness (QED) is 0.807. The summed E-state index contributed by atoms with van der Waals surface area (Å²) < 4.78 is 10.6. The number of piperidine rings is 1. The van der Waals surface area contributed by atoms with Gasteiger partial charge < -0.3 is 14.4 Å². The number of likely N-dealkylation sites (tertiary alicyclic amines) is 1. The van der Waals surface area contributed by atoms with Gasteiger partial charge in [0, 0.05) is 31.3 Å². The van der Waals surface area contributed by atoms with E-state index in [1.165, 1.54) is 0 Å². The van der Waals surface area contributed by atoms with Crippen molar-refractivity contribution in [1.82, 2.24) is 9.80 Å². The Hall–Kier alpha value is -1.75. The normalized spacial score (nSPS) is 15.8. The number of ether oxygens (including phenoxy) is 2. The van der Waals surface area contributed by atoms with Crippen molar-refractivity contribution in [2.75, 3.05) is 40.9 Å². The second-order valence-electron chi connectivity index (χ2n) is 6.41. The van der Waals surface area contributed by atoms with Gasteiger partial charge in [0.2, 0.25) is 5.91 Å². The minimum absolute atomic E-state index is 0.215. The van der Waals surface area contributed by atoms with Crippen molar-refractivity contribution in [3.63, 3.8) is 0 Å². The summed E-state index contributed by atoms with van der Waals surface area (Å²) in [6.07, 6.45) is 2.23. The third kappa shape index (κ3) is 4.86. The number of benzene rings is 1. The summed E-state index contributed by atoms with van der Waals surface area (Å²) >= 11 is 0. The van der Waals surface area contributed by atoms with Crippen LogP contribution in [-0.4, -0.2) is 56.6 Å². The number of hydrogen-bond donors (Lipinski definition) is 0. The second-order valence-corrected chi connectivity index (χ2v) is 6.41. The standard InChI is InChI=1S/C18H28N2O3/c1-14-7-9-20(10-8-14)18(21)13-19(2)12-15-5-6-16(22-3)11-17(15)23-4/h5-6,11,14H,7-10,12-13H2,1-4H3. The van der Waals surface area contributed by atoms with Gasteiger partial charge in [-0.05, 0) is 31.9 Å². The van der Waals surface area contributed by atoms with Gasteiger partial charge in [0.15, 0.2) is 0 Å². The van der Waals surface area contributed by atoms with E-state index >= 15 is 0 Å². The van der Waals surface area contributed by atoms with Crippen LogP contribution >= 0.6 is 0 Å². The summed E-state index contributed by atoms with van der Waals surface area (Å²) in [6, 6.07) is 5.78. The highest BCUT2D eigenvalue weighted by molar-refractivity contribution is 5.78. The second kappa shape index (κ2) is 8.20. The van der Waals surface area contributed by atoms with E-state index in [0.717, 1.165) is 48.9 Å². The molecule has 1 aromatic rings. The van der Waals surface area contributed by atoms with Crippen LogP contribution in [0.4, 0.5) is 0 Å². The van der Waals surface area contributed by atoms with Crippen LogP contribution in [0.2, 0.25) is 0 Å². The molecule has 0 N–H and O–H groups in total. The molecular weight excluding hydrogens is 292 g/mol. The van der Waals surface area contributed by atoms with Gasteiger partial charge in [0.25, 0.3) is 0 Å². The molecular formula is C18H28N2O3. The third-order valence-electron chi connectivity index (χ3n) is 4.48. The average Bonchev–Trinajstić information content (AvgIpc) is 2.55. The molecule has 1 heterocycles. The van der Waals surface area contributed by atoms with E-state index in [4.69, 9.17) is 9.47 Å². The van der Waals surface area contributed by atoms with Crippen molar-refractivity contribution in [2.45, 2.75) is 26.3 Å². The molecule has 1 aliphatic heterocycles. The zero-order valence-electron chi connectivity index (χ0n) is 14.7. The fraction of sp³-hybridized carbons (Fsp3) is 0.611. The molecule has 0 spiro atoms. The lowest BCUT2D eigenvalue weighted by Crippen LogP contribution is -2.42. The summed E-state index contributed by atoms with van der Waals surface area (Å²) in [7, 11) is 5.26. The van der Waals surface area contributed by atoms with E-state index < -0.39 is 0 Å². The van der Waals surface area contributed by atoms with Gasteiger partial charge >= 0.3 is 0 Å². The predicted molar refractivity (Wildman–Crippen MR) is 90.9 cm³/mol. The maximum atomic E-state index is 12.4. The predicted octanol–water partition coefficient (Wildman–Crippen LogP) is 2.39. The lowest BCUT2D eigenvalue weighted by Gasteiger charge is -2.31. The molecule has 5 nitrogen and oxygen atoms in total. The lowest BCUT2D eigenvalue weighted by molar-refractivity contribution is -0.133. The minimum Gasteiger partial charge on any atom is -0.497 e. The van der Waals surface area contributed by atoms with Crippen molar-refractivity contribution in [2.24, 2.45) is 5.92 Å². The third-order valence-corrected chi connectivity index (χ3v) is 4.48. The van der Waals surface area contributed by atoms with Crippen LogP contribution in [0.1, 0.15) is 25.3 Å². The van der Waals surface area contributed by atoms with Crippen LogP contribution in [0, 0.1) is 5.92 Å². The molecule has 0 unspecified atom stereocenters. The van der Waals surface area contributed by atoms with Crippen molar-refractivity contribution in [1.29, 1.82) is 0 Å². The number of rotatable bonds is 6.